The van der Waals surface area contributed by atoms with Crippen molar-refractivity contribution >= 4 is 23.8 Å². The van der Waals surface area contributed by atoms with Crippen LogP contribution in [0.2, 0.25) is 0 Å². The summed E-state index contributed by atoms with van der Waals surface area (Å²) in [5, 5.41) is 22.6. The van der Waals surface area contributed by atoms with Crippen molar-refractivity contribution in [2.24, 2.45) is 0 Å². The molecule has 0 aliphatic carbocycles. The van der Waals surface area contributed by atoms with Crippen LogP contribution in [0, 0.1) is 0 Å². The SMILES string of the molecule is CC/C=C\C/C=C\C/C=C\CCCCCCCCCC(=O)OC(CCC/C=C\CCCCCCCCCC)CCCCCCCC(=O)NCC(=O)NC(CO)C(=O)O. The number of allylic oxidation sites excluding steroid dienone is 8. The van der Waals surface area contributed by atoms with Gasteiger partial charge in [-0.2, -0.15) is 0 Å². The summed E-state index contributed by atoms with van der Waals surface area (Å²) in [7, 11) is 0. The van der Waals surface area contributed by atoms with Crippen molar-refractivity contribution in [1.29, 1.82) is 0 Å². The van der Waals surface area contributed by atoms with Gasteiger partial charge in [0.2, 0.25) is 11.8 Å². The molecule has 0 rings (SSSR count). The Balaban J connectivity index is 4.36. The number of hydrogen-bond acceptors (Lipinski definition) is 6. The number of aliphatic hydroxyl groups excluding tert-OH is 1. The van der Waals surface area contributed by atoms with Gasteiger partial charge in [-0.25, -0.2) is 4.79 Å². The van der Waals surface area contributed by atoms with Crippen molar-refractivity contribution in [3.05, 3.63) is 48.6 Å². The minimum Gasteiger partial charge on any atom is -0.480 e. The minimum atomic E-state index is -1.39. The molecule has 2 atom stereocenters. The van der Waals surface area contributed by atoms with Gasteiger partial charge in [-0.3, -0.25) is 14.4 Å². The summed E-state index contributed by atoms with van der Waals surface area (Å²) in [4.78, 5) is 47.7. The van der Waals surface area contributed by atoms with Gasteiger partial charge in [0.1, 0.15) is 12.1 Å². The molecule has 0 aromatic rings. The largest absolute Gasteiger partial charge is 0.480 e. The highest BCUT2D eigenvalue weighted by Gasteiger charge is 2.19. The van der Waals surface area contributed by atoms with E-state index in [9.17, 15) is 19.2 Å². The van der Waals surface area contributed by atoms with Gasteiger partial charge < -0.3 is 25.6 Å². The van der Waals surface area contributed by atoms with Crippen LogP contribution in [0.5, 0.6) is 0 Å². The maximum absolute atomic E-state index is 12.8. The Morgan fingerprint density at radius 2 is 1.00 bits per heavy atom. The Morgan fingerprint density at radius 3 is 1.57 bits per heavy atom. The maximum atomic E-state index is 12.8. The quantitative estimate of drug-likeness (QED) is 0.0273. The molecule has 2 amide bonds. The van der Waals surface area contributed by atoms with Crippen molar-refractivity contribution < 1.29 is 34.1 Å². The predicted molar refractivity (Wildman–Crippen MR) is 241 cm³/mol. The Hall–Kier alpha value is -3.20. The van der Waals surface area contributed by atoms with Crippen LogP contribution in [0.15, 0.2) is 48.6 Å². The average molecular weight is 815 g/mol. The number of ether oxygens (including phenoxy) is 1. The predicted octanol–water partition coefficient (Wildman–Crippen LogP) is 11.9. The van der Waals surface area contributed by atoms with Crippen molar-refractivity contribution in [2.45, 2.75) is 225 Å². The zero-order valence-corrected chi connectivity index (χ0v) is 37.0. The summed E-state index contributed by atoms with van der Waals surface area (Å²) < 4.78 is 6.03. The summed E-state index contributed by atoms with van der Waals surface area (Å²) in [6.07, 6.45) is 51.4. The molecule has 9 heteroatoms. The first-order chi connectivity index (χ1) is 28.3. The molecule has 0 aromatic heterocycles. The van der Waals surface area contributed by atoms with Crippen molar-refractivity contribution in [3.63, 3.8) is 0 Å². The van der Waals surface area contributed by atoms with Gasteiger partial charge in [0.25, 0.3) is 0 Å². The first-order valence-electron chi connectivity index (χ1n) is 23.5. The molecule has 0 fully saturated rings. The molecule has 0 saturated carbocycles. The van der Waals surface area contributed by atoms with E-state index in [0.29, 0.717) is 12.8 Å². The van der Waals surface area contributed by atoms with Gasteiger partial charge in [0.15, 0.2) is 0 Å². The summed E-state index contributed by atoms with van der Waals surface area (Å²) >= 11 is 0. The molecule has 0 radical (unpaired) electrons. The topological polar surface area (TPSA) is 142 Å². The van der Waals surface area contributed by atoms with Crippen molar-refractivity contribution in [1.82, 2.24) is 10.6 Å². The molecular weight excluding hydrogens is 729 g/mol. The fraction of sp³-hybridized carbons (Fsp3) is 0.755. The Morgan fingerprint density at radius 1 is 0.534 bits per heavy atom. The maximum Gasteiger partial charge on any atom is 0.328 e. The number of amides is 2. The lowest BCUT2D eigenvalue weighted by Crippen LogP contribution is -2.47. The Kier molecular flexibility index (Phi) is 41.0. The van der Waals surface area contributed by atoms with Crippen LogP contribution in [0.1, 0.15) is 213 Å². The normalized spacial score (nSPS) is 12.9. The number of unbranched alkanes of at least 4 members (excludes halogenated alkanes) is 20. The number of esters is 1. The monoisotopic (exact) mass is 815 g/mol. The third-order valence-corrected chi connectivity index (χ3v) is 10.3. The minimum absolute atomic E-state index is 0.0508. The van der Waals surface area contributed by atoms with E-state index in [1.165, 1.54) is 83.5 Å². The van der Waals surface area contributed by atoms with Gasteiger partial charge in [0, 0.05) is 12.8 Å². The highest BCUT2D eigenvalue weighted by Crippen LogP contribution is 2.18. The molecule has 0 heterocycles. The molecule has 58 heavy (non-hydrogen) atoms. The van der Waals surface area contributed by atoms with Crippen molar-refractivity contribution in [3.8, 4) is 0 Å². The van der Waals surface area contributed by atoms with Gasteiger partial charge >= 0.3 is 11.9 Å². The molecule has 334 valence electrons. The molecule has 0 saturated heterocycles. The number of rotatable bonds is 42. The molecule has 0 bridgehead atoms. The average Bonchev–Trinajstić information content (AvgIpc) is 3.21. The first-order valence-corrected chi connectivity index (χ1v) is 23.5. The lowest BCUT2D eigenvalue weighted by atomic mass is 10.0. The van der Waals surface area contributed by atoms with Crippen LogP contribution in [-0.4, -0.2) is 59.3 Å². The second kappa shape index (κ2) is 43.4. The molecule has 0 aliphatic heterocycles. The van der Waals surface area contributed by atoms with Crippen LogP contribution in [0.25, 0.3) is 0 Å². The molecule has 4 N–H and O–H groups in total. The smallest absolute Gasteiger partial charge is 0.328 e. The molecular formula is C49H86N2O7. The van der Waals surface area contributed by atoms with Gasteiger partial charge in [0.05, 0.1) is 13.2 Å². The third kappa shape index (κ3) is 39.6. The zero-order valence-electron chi connectivity index (χ0n) is 37.0. The number of aliphatic carboxylic acids is 1. The van der Waals surface area contributed by atoms with E-state index in [1.807, 2.05) is 0 Å². The van der Waals surface area contributed by atoms with Crippen LogP contribution in [0.3, 0.4) is 0 Å². The van der Waals surface area contributed by atoms with E-state index in [0.717, 1.165) is 96.3 Å². The molecule has 9 nitrogen and oxygen atoms in total. The lowest BCUT2D eigenvalue weighted by Gasteiger charge is -2.18. The number of carboxylic acids is 1. The number of carbonyl (C=O) groups is 4. The summed E-state index contributed by atoms with van der Waals surface area (Å²) in [5.74, 6) is -2.32. The van der Waals surface area contributed by atoms with E-state index in [1.54, 1.807) is 0 Å². The van der Waals surface area contributed by atoms with E-state index in [2.05, 4.69) is 73.1 Å². The second-order valence-corrected chi connectivity index (χ2v) is 15.8. The van der Waals surface area contributed by atoms with E-state index >= 15 is 0 Å². The number of carbonyl (C=O) groups excluding carboxylic acids is 3. The number of aliphatic hydroxyl groups is 1. The van der Waals surface area contributed by atoms with E-state index in [-0.39, 0.29) is 30.9 Å². The van der Waals surface area contributed by atoms with Crippen LogP contribution in [0.4, 0.5) is 0 Å². The summed E-state index contributed by atoms with van der Waals surface area (Å²) in [5.41, 5.74) is 0. The molecule has 2 unspecified atom stereocenters. The number of nitrogens with one attached hydrogen (secondary N) is 2. The second-order valence-electron chi connectivity index (χ2n) is 15.8. The molecule has 0 spiro atoms. The zero-order chi connectivity index (χ0) is 42.6. The van der Waals surface area contributed by atoms with Crippen LogP contribution >= 0.6 is 0 Å². The van der Waals surface area contributed by atoms with Crippen molar-refractivity contribution in [2.75, 3.05) is 13.2 Å². The van der Waals surface area contributed by atoms with Gasteiger partial charge in [-0.05, 0) is 89.9 Å². The standard InChI is InChI=1S/C49H86N2O7/c1-3-5-7-9-11-13-15-17-18-19-20-22-24-26-28-33-37-41-48(55)58-44(38-34-30-27-25-23-21-16-14-12-10-8-6-4-2)39-35-31-29-32-36-40-46(53)50-42-47(54)51-45(43-52)49(56)57/h5,7,11,13,17-18,25,27,44-45,52H,3-4,6,8-10,12,14-16,19-24,26,28-43H2,1-2H3,(H,50,53)(H,51,54)(H,56,57)/b7-5-,13-11-,18-17-,27-25-. The van der Waals surface area contributed by atoms with Crippen LogP contribution in [-0.2, 0) is 23.9 Å². The fourth-order valence-electron chi connectivity index (χ4n) is 6.73. The summed E-state index contributed by atoms with van der Waals surface area (Å²) in [6, 6.07) is -1.39. The lowest BCUT2D eigenvalue weighted by molar-refractivity contribution is -0.150. The third-order valence-electron chi connectivity index (χ3n) is 10.3. The molecule has 0 aliphatic rings. The Labute approximate surface area is 354 Å². The highest BCUT2D eigenvalue weighted by atomic mass is 16.5. The number of carboxylic acid groups (broad SMARTS) is 1. The fourth-order valence-corrected chi connectivity index (χ4v) is 6.73. The summed E-state index contributed by atoms with van der Waals surface area (Å²) in [6.45, 7) is 3.37. The van der Waals surface area contributed by atoms with Crippen LogP contribution < -0.4 is 10.6 Å². The highest BCUT2D eigenvalue weighted by molar-refractivity contribution is 5.87. The van der Waals surface area contributed by atoms with Gasteiger partial charge in [-0.1, -0.05) is 159 Å². The first kappa shape index (κ1) is 54.8. The Bertz CT molecular complexity index is 1120. The molecule has 0 aromatic carbocycles. The van der Waals surface area contributed by atoms with E-state index in [4.69, 9.17) is 14.9 Å². The van der Waals surface area contributed by atoms with E-state index < -0.39 is 24.5 Å². The number of hydrogen-bond donors (Lipinski definition) is 4. The van der Waals surface area contributed by atoms with Gasteiger partial charge in [-0.15, -0.1) is 0 Å².